The van der Waals surface area contributed by atoms with Crippen LogP contribution >= 0.6 is 0 Å². The van der Waals surface area contributed by atoms with Crippen molar-refractivity contribution in [3.05, 3.63) is 109 Å². The molecule has 3 rings (SSSR count). The highest BCUT2D eigenvalue weighted by atomic mass is 16.6. The SMILES string of the molecule is C=CC(=O)OCCCCCCOc1ccc(C(=O)Oc2ccc(OC(O)c3ccc(OCCCCCCOC(=O)C=C)cc3)cc2C=O)cc1. The van der Waals surface area contributed by atoms with Gasteiger partial charge >= 0.3 is 17.9 Å². The highest BCUT2D eigenvalue weighted by molar-refractivity contribution is 5.92. The summed E-state index contributed by atoms with van der Waals surface area (Å²) in [6.07, 6.45) is 8.41. The van der Waals surface area contributed by atoms with E-state index in [1.807, 2.05) is 0 Å². The Kier molecular flexibility index (Phi) is 17.4. The molecular formula is C39H44O11. The Morgan fingerprint density at radius 3 is 1.62 bits per heavy atom. The van der Waals surface area contributed by atoms with Gasteiger partial charge in [0.2, 0.25) is 6.29 Å². The molecule has 0 saturated carbocycles. The average molecular weight is 689 g/mol. The van der Waals surface area contributed by atoms with Crippen LogP contribution in [0.3, 0.4) is 0 Å². The van der Waals surface area contributed by atoms with Crippen molar-refractivity contribution < 1.29 is 52.7 Å². The number of esters is 3. The number of ether oxygens (including phenoxy) is 6. The van der Waals surface area contributed by atoms with Crippen LogP contribution in [0, 0.1) is 0 Å². The van der Waals surface area contributed by atoms with E-state index in [-0.39, 0.29) is 22.6 Å². The first-order chi connectivity index (χ1) is 24.3. The number of hydrogen-bond acceptors (Lipinski definition) is 11. The summed E-state index contributed by atoms with van der Waals surface area (Å²) in [7, 11) is 0. The highest BCUT2D eigenvalue weighted by Crippen LogP contribution is 2.28. The fourth-order valence-electron chi connectivity index (χ4n) is 4.52. The summed E-state index contributed by atoms with van der Waals surface area (Å²) in [4.78, 5) is 46.6. The molecule has 0 aliphatic rings. The van der Waals surface area contributed by atoms with Crippen LogP contribution in [0.2, 0.25) is 0 Å². The molecule has 0 heterocycles. The molecule has 0 aliphatic carbocycles. The number of aliphatic hydroxyl groups excluding tert-OH is 1. The van der Waals surface area contributed by atoms with Gasteiger partial charge in [-0.1, -0.05) is 13.2 Å². The molecule has 3 aromatic rings. The molecule has 50 heavy (non-hydrogen) atoms. The first-order valence-corrected chi connectivity index (χ1v) is 16.5. The van der Waals surface area contributed by atoms with E-state index < -0.39 is 24.2 Å². The zero-order chi connectivity index (χ0) is 36.0. The van der Waals surface area contributed by atoms with Crippen molar-refractivity contribution >= 4 is 24.2 Å². The highest BCUT2D eigenvalue weighted by Gasteiger charge is 2.15. The molecule has 0 amide bonds. The van der Waals surface area contributed by atoms with Crippen molar-refractivity contribution in [1.29, 1.82) is 0 Å². The van der Waals surface area contributed by atoms with Gasteiger partial charge in [-0.15, -0.1) is 0 Å². The van der Waals surface area contributed by atoms with Crippen molar-refractivity contribution in [2.24, 2.45) is 0 Å². The van der Waals surface area contributed by atoms with E-state index in [2.05, 4.69) is 13.2 Å². The van der Waals surface area contributed by atoms with Crippen LogP contribution in [0.25, 0.3) is 0 Å². The van der Waals surface area contributed by atoms with E-state index in [1.54, 1.807) is 48.5 Å². The second-order valence-corrected chi connectivity index (χ2v) is 11.0. The Bertz CT molecular complexity index is 1530. The molecule has 0 spiro atoms. The van der Waals surface area contributed by atoms with Gasteiger partial charge < -0.3 is 33.5 Å². The molecule has 0 aliphatic heterocycles. The smallest absolute Gasteiger partial charge is 0.343 e. The molecule has 0 aromatic heterocycles. The second kappa shape index (κ2) is 22.3. The maximum absolute atomic E-state index is 12.8. The number of hydrogen-bond donors (Lipinski definition) is 1. The quantitative estimate of drug-likeness (QED) is 0.0256. The van der Waals surface area contributed by atoms with Crippen LogP contribution in [0.5, 0.6) is 23.0 Å². The average Bonchev–Trinajstić information content (AvgIpc) is 3.14. The lowest BCUT2D eigenvalue weighted by Crippen LogP contribution is -2.10. The van der Waals surface area contributed by atoms with Crippen LogP contribution in [-0.2, 0) is 19.1 Å². The Hall–Kier alpha value is -5.42. The number of aliphatic hydroxyl groups is 1. The molecule has 0 radical (unpaired) electrons. The minimum Gasteiger partial charge on any atom is -0.494 e. The summed E-state index contributed by atoms with van der Waals surface area (Å²) in [6.45, 7) is 8.49. The lowest BCUT2D eigenvalue weighted by atomic mass is 10.2. The molecule has 11 nitrogen and oxygen atoms in total. The van der Waals surface area contributed by atoms with Crippen LogP contribution < -0.4 is 18.9 Å². The maximum atomic E-state index is 12.8. The second-order valence-electron chi connectivity index (χ2n) is 11.0. The van der Waals surface area contributed by atoms with E-state index >= 15 is 0 Å². The van der Waals surface area contributed by atoms with Crippen LogP contribution in [0.4, 0.5) is 0 Å². The number of aldehydes is 1. The van der Waals surface area contributed by atoms with Crippen LogP contribution in [-0.4, -0.2) is 55.7 Å². The molecule has 3 aromatic carbocycles. The zero-order valence-corrected chi connectivity index (χ0v) is 28.1. The molecule has 0 fully saturated rings. The lowest BCUT2D eigenvalue weighted by molar-refractivity contribution is -0.138. The summed E-state index contributed by atoms with van der Waals surface area (Å²) in [5.74, 6) is 0.0139. The number of carbonyl (C=O) groups excluding carboxylic acids is 4. The molecule has 266 valence electrons. The van der Waals surface area contributed by atoms with Crippen molar-refractivity contribution in [1.82, 2.24) is 0 Å². The largest absolute Gasteiger partial charge is 0.494 e. The van der Waals surface area contributed by atoms with Gasteiger partial charge in [-0.2, -0.15) is 0 Å². The molecule has 11 heteroatoms. The Morgan fingerprint density at radius 1 is 0.640 bits per heavy atom. The number of unbranched alkanes of at least 4 members (excludes halogenated alkanes) is 6. The predicted octanol–water partition coefficient (Wildman–Crippen LogP) is 7.13. The summed E-state index contributed by atoms with van der Waals surface area (Å²) in [5, 5.41) is 10.6. The topological polar surface area (TPSA) is 144 Å². The zero-order valence-electron chi connectivity index (χ0n) is 28.1. The third-order valence-electron chi connectivity index (χ3n) is 7.25. The number of carbonyl (C=O) groups is 4. The number of benzene rings is 3. The van der Waals surface area contributed by atoms with E-state index in [0.717, 1.165) is 63.5 Å². The first-order valence-electron chi connectivity index (χ1n) is 16.5. The summed E-state index contributed by atoms with van der Waals surface area (Å²) < 4.78 is 32.5. The van der Waals surface area contributed by atoms with Crippen molar-refractivity contribution in [3.63, 3.8) is 0 Å². The summed E-state index contributed by atoms with van der Waals surface area (Å²) in [6, 6.07) is 17.6. The van der Waals surface area contributed by atoms with Gasteiger partial charge in [0.05, 0.1) is 37.6 Å². The Balaban J connectivity index is 1.39. The summed E-state index contributed by atoms with van der Waals surface area (Å²) >= 11 is 0. The summed E-state index contributed by atoms with van der Waals surface area (Å²) in [5.41, 5.74) is 0.823. The molecule has 1 N–H and O–H groups in total. The molecule has 1 atom stereocenters. The Morgan fingerprint density at radius 2 is 1.12 bits per heavy atom. The minimum atomic E-state index is -1.32. The van der Waals surface area contributed by atoms with Gasteiger partial charge in [-0.25, -0.2) is 14.4 Å². The monoisotopic (exact) mass is 688 g/mol. The molecule has 1 unspecified atom stereocenters. The van der Waals surface area contributed by atoms with Crippen LogP contribution in [0.15, 0.2) is 92.0 Å². The number of rotatable bonds is 24. The van der Waals surface area contributed by atoms with Crippen molar-refractivity contribution in [3.8, 4) is 23.0 Å². The van der Waals surface area contributed by atoms with E-state index in [9.17, 15) is 24.3 Å². The van der Waals surface area contributed by atoms with Crippen LogP contribution in [0.1, 0.15) is 83.9 Å². The maximum Gasteiger partial charge on any atom is 0.343 e. The molecular weight excluding hydrogens is 644 g/mol. The van der Waals surface area contributed by atoms with Gasteiger partial charge in [0.25, 0.3) is 0 Å². The normalized spacial score (nSPS) is 11.1. The fourth-order valence-corrected chi connectivity index (χ4v) is 4.52. The molecule has 0 saturated heterocycles. The van der Waals surface area contributed by atoms with Gasteiger partial charge in [0.15, 0.2) is 6.29 Å². The standard InChI is InChI=1S/C39H44O11/c1-3-36(41)47-25-11-7-5-9-23-45-32-17-13-29(14-18-32)38(43)49-34-21-22-35(31(27-34)28-40)50-39(44)30-15-19-33(20-16-30)46-24-10-6-8-12-26-48-37(42)4-2/h3-4,13-22,27-28,38,43H,1-2,5-12,23-26H2. The fraction of sp³-hybridized carbons (Fsp3) is 0.333. The van der Waals surface area contributed by atoms with E-state index in [4.69, 9.17) is 28.4 Å². The van der Waals surface area contributed by atoms with Gasteiger partial charge in [-0.05, 0) is 118 Å². The minimum absolute atomic E-state index is 0.0454. The van der Waals surface area contributed by atoms with E-state index in [0.29, 0.717) is 49.8 Å². The van der Waals surface area contributed by atoms with Gasteiger partial charge in [-0.3, -0.25) is 4.79 Å². The third-order valence-corrected chi connectivity index (χ3v) is 7.25. The van der Waals surface area contributed by atoms with Crippen molar-refractivity contribution in [2.45, 2.75) is 57.7 Å². The predicted molar refractivity (Wildman–Crippen MR) is 185 cm³/mol. The first kappa shape index (κ1) is 39.0. The molecule has 0 bridgehead atoms. The van der Waals surface area contributed by atoms with E-state index in [1.165, 1.54) is 18.2 Å². The Labute approximate surface area is 292 Å². The van der Waals surface area contributed by atoms with Crippen molar-refractivity contribution in [2.75, 3.05) is 26.4 Å². The lowest BCUT2D eigenvalue weighted by Gasteiger charge is -2.16. The van der Waals surface area contributed by atoms with Gasteiger partial charge in [0, 0.05) is 17.7 Å². The third kappa shape index (κ3) is 14.4. The van der Waals surface area contributed by atoms with Gasteiger partial charge in [0.1, 0.15) is 23.0 Å².